The molecule has 128 valence electrons. The van der Waals surface area contributed by atoms with Crippen molar-refractivity contribution in [1.29, 1.82) is 0 Å². The molecule has 1 aromatic rings. The van der Waals surface area contributed by atoms with E-state index in [4.69, 9.17) is 0 Å². The summed E-state index contributed by atoms with van der Waals surface area (Å²) in [5.74, 6) is -4.63. The van der Waals surface area contributed by atoms with Crippen LogP contribution in [0, 0.1) is 3.57 Å². The van der Waals surface area contributed by atoms with Gasteiger partial charge >= 0.3 is 23.9 Å². The Bertz CT molecular complexity index is 579. The Hall–Kier alpha value is -1.53. The van der Waals surface area contributed by atoms with Crippen LogP contribution in [0.2, 0.25) is 0 Å². The van der Waals surface area contributed by atoms with Gasteiger partial charge < -0.3 is 14.6 Å². The molecule has 0 aliphatic rings. The van der Waals surface area contributed by atoms with Crippen molar-refractivity contribution in [3.8, 4) is 0 Å². The van der Waals surface area contributed by atoms with E-state index in [1.54, 1.807) is 22.6 Å². The summed E-state index contributed by atoms with van der Waals surface area (Å²) in [6.45, 7) is 0. The van der Waals surface area contributed by atoms with Gasteiger partial charge in [-0.25, -0.2) is 4.79 Å². The van der Waals surface area contributed by atoms with Crippen LogP contribution >= 0.6 is 22.6 Å². The van der Waals surface area contributed by atoms with Crippen LogP contribution in [-0.4, -0.2) is 29.9 Å². The van der Waals surface area contributed by atoms with E-state index in [1.165, 1.54) is 12.1 Å². The zero-order valence-electron chi connectivity index (χ0n) is 10.8. The number of halogens is 7. The first-order valence-electron chi connectivity index (χ1n) is 5.62. The van der Waals surface area contributed by atoms with Gasteiger partial charge in [0.2, 0.25) is 0 Å². The maximum absolute atomic E-state index is 12.9. The van der Waals surface area contributed by atoms with E-state index < -0.39 is 41.9 Å². The zero-order chi connectivity index (χ0) is 18.1. The molecular weight excluding hydrogens is 449 g/mol. The summed E-state index contributed by atoms with van der Waals surface area (Å²) in [4.78, 5) is 22.0. The minimum absolute atomic E-state index is 0.562. The summed E-state index contributed by atoms with van der Waals surface area (Å²) in [5.41, 5.74) is -5.79. The van der Waals surface area contributed by atoms with Crippen LogP contribution < -0.4 is 5.11 Å². The molecule has 0 unspecified atom stereocenters. The standard InChI is InChI=1S/C12H7F6IO4/c13-11(14,15)10(5-8(20)21,12(16,17)18)23-9(22)6-1-3-7(19)4-2-6/h1-4H,5H2,(H,20,21)/p-1. The number of esters is 1. The molecule has 0 spiro atoms. The number of alkyl halides is 6. The first-order valence-corrected chi connectivity index (χ1v) is 6.70. The fourth-order valence-corrected chi connectivity index (χ4v) is 1.88. The van der Waals surface area contributed by atoms with Crippen LogP contribution in [0.4, 0.5) is 26.3 Å². The van der Waals surface area contributed by atoms with E-state index in [0.29, 0.717) is 3.57 Å². The SMILES string of the molecule is O=C([O-])CC(OC(=O)c1ccc(I)cc1)(C(F)(F)F)C(F)(F)F. The quantitative estimate of drug-likeness (QED) is 0.398. The number of rotatable bonds is 4. The molecule has 4 nitrogen and oxygen atoms in total. The van der Waals surface area contributed by atoms with Gasteiger partial charge in [-0.15, -0.1) is 0 Å². The molecule has 1 aromatic carbocycles. The fraction of sp³-hybridized carbons (Fsp3) is 0.333. The van der Waals surface area contributed by atoms with Gasteiger partial charge in [0.25, 0.3) is 0 Å². The van der Waals surface area contributed by atoms with Gasteiger partial charge in [0, 0.05) is 16.0 Å². The van der Waals surface area contributed by atoms with Crippen molar-refractivity contribution in [3.63, 3.8) is 0 Å². The molecule has 0 saturated carbocycles. The molecule has 23 heavy (non-hydrogen) atoms. The number of carbonyl (C=O) groups is 2. The van der Waals surface area contributed by atoms with Crippen LogP contribution in [0.1, 0.15) is 16.8 Å². The highest BCUT2D eigenvalue weighted by atomic mass is 127. The first-order chi connectivity index (χ1) is 10.3. The Morgan fingerprint density at radius 1 is 1.00 bits per heavy atom. The molecular formula is C12H6F6IO4-. The predicted molar refractivity (Wildman–Crippen MR) is 69.0 cm³/mol. The first kappa shape index (κ1) is 19.5. The van der Waals surface area contributed by atoms with Crippen molar-refractivity contribution < 1.29 is 45.8 Å². The molecule has 0 atom stereocenters. The maximum Gasteiger partial charge on any atom is 0.437 e. The van der Waals surface area contributed by atoms with Gasteiger partial charge in [-0.1, -0.05) is 0 Å². The van der Waals surface area contributed by atoms with Crippen molar-refractivity contribution in [1.82, 2.24) is 0 Å². The molecule has 0 saturated heterocycles. The zero-order valence-corrected chi connectivity index (χ0v) is 13.0. The van der Waals surface area contributed by atoms with Gasteiger partial charge in [-0.2, -0.15) is 26.3 Å². The van der Waals surface area contributed by atoms with Crippen LogP contribution in [-0.2, 0) is 9.53 Å². The lowest BCUT2D eigenvalue weighted by Gasteiger charge is -2.36. The molecule has 0 aliphatic carbocycles. The van der Waals surface area contributed by atoms with Crippen molar-refractivity contribution in [2.75, 3.05) is 0 Å². The molecule has 1 rings (SSSR count). The summed E-state index contributed by atoms with van der Waals surface area (Å²) >= 11 is 1.79. The summed E-state index contributed by atoms with van der Waals surface area (Å²) < 4.78 is 81.4. The van der Waals surface area contributed by atoms with Crippen LogP contribution in [0.5, 0.6) is 0 Å². The number of ether oxygens (including phenoxy) is 1. The minimum atomic E-state index is -6.20. The number of benzene rings is 1. The lowest BCUT2D eigenvalue weighted by molar-refractivity contribution is -0.377. The third kappa shape index (κ3) is 4.26. The lowest BCUT2D eigenvalue weighted by Crippen LogP contribution is -2.61. The van der Waals surface area contributed by atoms with E-state index in [1.807, 2.05) is 0 Å². The molecule has 0 aliphatic heterocycles. The van der Waals surface area contributed by atoms with E-state index >= 15 is 0 Å². The van der Waals surface area contributed by atoms with Crippen LogP contribution in [0.15, 0.2) is 24.3 Å². The molecule has 0 bridgehead atoms. The largest absolute Gasteiger partial charge is 0.550 e. The Balaban J connectivity index is 3.32. The Morgan fingerprint density at radius 3 is 1.78 bits per heavy atom. The maximum atomic E-state index is 12.9. The van der Waals surface area contributed by atoms with Gasteiger partial charge in [-0.3, -0.25) is 0 Å². The monoisotopic (exact) mass is 455 g/mol. The number of hydrogen-bond donors (Lipinski definition) is 0. The molecule has 0 aromatic heterocycles. The number of hydrogen-bond acceptors (Lipinski definition) is 4. The van der Waals surface area contributed by atoms with E-state index in [2.05, 4.69) is 4.74 Å². The summed E-state index contributed by atoms with van der Waals surface area (Å²) in [6, 6.07) is 4.39. The second-order valence-electron chi connectivity index (χ2n) is 4.27. The number of carbonyl (C=O) groups excluding carboxylic acids is 2. The normalized spacial score (nSPS) is 12.8. The summed E-state index contributed by atoms with van der Waals surface area (Å²) in [7, 11) is 0. The van der Waals surface area contributed by atoms with Gasteiger partial charge in [-0.05, 0) is 46.9 Å². The average molecular weight is 455 g/mol. The van der Waals surface area contributed by atoms with E-state index in [-0.39, 0.29) is 0 Å². The van der Waals surface area contributed by atoms with Crippen molar-refractivity contribution in [2.24, 2.45) is 0 Å². The second-order valence-corrected chi connectivity index (χ2v) is 5.51. The van der Waals surface area contributed by atoms with E-state index in [0.717, 1.165) is 12.1 Å². The van der Waals surface area contributed by atoms with Crippen molar-refractivity contribution in [3.05, 3.63) is 33.4 Å². The third-order valence-corrected chi connectivity index (χ3v) is 3.38. The molecule has 0 radical (unpaired) electrons. The van der Waals surface area contributed by atoms with Gasteiger partial charge in [0.15, 0.2) is 0 Å². The lowest BCUT2D eigenvalue weighted by atomic mass is 9.97. The molecule has 0 N–H and O–H groups in total. The summed E-state index contributed by atoms with van der Waals surface area (Å²) in [6.07, 6.45) is -15.0. The fourth-order valence-electron chi connectivity index (χ4n) is 1.52. The smallest absolute Gasteiger partial charge is 0.437 e. The molecule has 0 amide bonds. The van der Waals surface area contributed by atoms with Crippen LogP contribution in [0.3, 0.4) is 0 Å². The third-order valence-electron chi connectivity index (χ3n) is 2.66. The summed E-state index contributed by atoms with van der Waals surface area (Å²) in [5, 5.41) is 10.4. The Kier molecular flexibility index (Phi) is 5.54. The highest BCUT2D eigenvalue weighted by Crippen LogP contribution is 2.48. The topological polar surface area (TPSA) is 66.4 Å². The van der Waals surface area contributed by atoms with Gasteiger partial charge in [0.05, 0.1) is 5.56 Å². The average Bonchev–Trinajstić information content (AvgIpc) is 2.35. The van der Waals surface area contributed by atoms with Crippen molar-refractivity contribution in [2.45, 2.75) is 24.4 Å². The molecule has 11 heteroatoms. The predicted octanol–water partition coefficient (Wildman–Crippen LogP) is 2.45. The minimum Gasteiger partial charge on any atom is -0.550 e. The number of aliphatic carboxylic acids is 1. The molecule has 0 heterocycles. The molecule has 0 fully saturated rings. The van der Waals surface area contributed by atoms with E-state index in [9.17, 15) is 41.0 Å². The Labute approximate surface area is 138 Å². The second kappa shape index (κ2) is 6.53. The van der Waals surface area contributed by atoms with Crippen molar-refractivity contribution >= 4 is 34.5 Å². The number of carboxylic acid groups (broad SMARTS) is 1. The Morgan fingerprint density at radius 2 is 1.43 bits per heavy atom. The van der Waals surface area contributed by atoms with Crippen LogP contribution in [0.25, 0.3) is 0 Å². The highest BCUT2D eigenvalue weighted by Gasteiger charge is 2.74. The number of carboxylic acids is 1. The highest BCUT2D eigenvalue weighted by molar-refractivity contribution is 14.1. The van der Waals surface area contributed by atoms with Gasteiger partial charge in [0.1, 0.15) is 0 Å².